The molecular weight excluding hydrogens is 526 g/mol. The Hall–Kier alpha value is -5.48. The lowest BCUT2D eigenvalue weighted by Crippen LogP contribution is -2.44. The standard InChI is InChI=1S/C35H27N3O4/c1-35(31-16-12-24(20-36)13-17-31)33(40)37(22-32(39)42-23-26-11-15-28-7-3-5-9-30(28)19-26)34(41)38(35)21-25-10-14-27-6-2-4-8-29(27)18-25/h2-19H,21-23H2,1H3/t35-/m0/s1. The van der Waals surface area contributed by atoms with Gasteiger partial charge in [0.15, 0.2) is 0 Å². The molecule has 0 spiro atoms. The lowest BCUT2D eigenvalue weighted by atomic mass is 9.89. The van der Waals surface area contributed by atoms with Gasteiger partial charge in [0.1, 0.15) is 18.7 Å². The molecule has 7 nitrogen and oxygen atoms in total. The number of amides is 3. The number of fused-ring (bicyclic) bond motifs is 2. The van der Waals surface area contributed by atoms with Crippen LogP contribution in [0.4, 0.5) is 4.79 Å². The van der Waals surface area contributed by atoms with Crippen molar-refractivity contribution in [3.8, 4) is 6.07 Å². The van der Waals surface area contributed by atoms with Gasteiger partial charge >= 0.3 is 12.0 Å². The smallest absolute Gasteiger partial charge is 0.328 e. The summed E-state index contributed by atoms with van der Waals surface area (Å²) in [6.45, 7) is 1.34. The molecule has 3 amide bonds. The largest absolute Gasteiger partial charge is 0.459 e. The second-order valence-corrected chi connectivity index (χ2v) is 10.5. The summed E-state index contributed by atoms with van der Waals surface area (Å²) in [5.41, 5.74) is 1.24. The van der Waals surface area contributed by atoms with E-state index in [0.717, 1.165) is 37.6 Å². The number of imide groups is 1. The first kappa shape index (κ1) is 26.7. The van der Waals surface area contributed by atoms with Crippen LogP contribution in [0.3, 0.4) is 0 Å². The molecule has 0 bridgehead atoms. The van der Waals surface area contributed by atoms with E-state index in [-0.39, 0.29) is 13.2 Å². The molecule has 7 heteroatoms. The molecule has 0 radical (unpaired) electrons. The molecule has 1 aliphatic rings. The van der Waals surface area contributed by atoms with Crippen molar-refractivity contribution in [3.63, 3.8) is 0 Å². The Balaban J connectivity index is 1.26. The van der Waals surface area contributed by atoms with E-state index in [1.807, 2.05) is 84.9 Å². The van der Waals surface area contributed by atoms with Crippen LogP contribution in [0.5, 0.6) is 0 Å². The van der Waals surface area contributed by atoms with Gasteiger partial charge in [-0.05, 0) is 69.4 Å². The van der Waals surface area contributed by atoms with E-state index in [0.29, 0.717) is 11.1 Å². The Morgan fingerprint density at radius 1 is 0.786 bits per heavy atom. The molecule has 0 unspecified atom stereocenters. The van der Waals surface area contributed by atoms with Gasteiger partial charge in [0, 0.05) is 6.54 Å². The number of hydrogen-bond acceptors (Lipinski definition) is 5. The first-order chi connectivity index (χ1) is 20.4. The number of nitriles is 1. The van der Waals surface area contributed by atoms with Gasteiger partial charge in [-0.3, -0.25) is 14.5 Å². The topological polar surface area (TPSA) is 90.7 Å². The van der Waals surface area contributed by atoms with Crippen LogP contribution in [-0.2, 0) is 33.0 Å². The average molecular weight is 554 g/mol. The molecule has 0 N–H and O–H groups in total. The Morgan fingerprint density at radius 3 is 1.98 bits per heavy atom. The number of rotatable bonds is 7. The van der Waals surface area contributed by atoms with Crippen molar-refractivity contribution in [2.24, 2.45) is 0 Å². The number of carbonyl (C=O) groups excluding carboxylic acids is 3. The van der Waals surface area contributed by atoms with Crippen LogP contribution in [0.2, 0.25) is 0 Å². The predicted molar refractivity (Wildman–Crippen MR) is 159 cm³/mol. The third-order valence-corrected chi connectivity index (χ3v) is 7.89. The third kappa shape index (κ3) is 4.84. The van der Waals surface area contributed by atoms with E-state index >= 15 is 0 Å². The normalized spacial score (nSPS) is 16.7. The van der Waals surface area contributed by atoms with Gasteiger partial charge in [-0.25, -0.2) is 4.79 Å². The molecule has 0 aromatic heterocycles. The highest BCUT2D eigenvalue weighted by Crippen LogP contribution is 2.39. The maximum atomic E-state index is 14.0. The van der Waals surface area contributed by atoms with E-state index in [4.69, 9.17) is 4.74 Å². The summed E-state index contributed by atoms with van der Waals surface area (Å²) in [7, 11) is 0. The molecule has 1 heterocycles. The quantitative estimate of drug-likeness (QED) is 0.175. The first-order valence-corrected chi connectivity index (χ1v) is 13.6. The fourth-order valence-corrected chi connectivity index (χ4v) is 5.50. The number of urea groups is 1. The zero-order chi connectivity index (χ0) is 29.3. The number of esters is 1. The van der Waals surface area contributed by atoms with Crippen molar-refractivity contribution in [1.82, 2.24) is 9.80 Å². The van der Waals surface area contributed by atoms with E-state index in [2.05, 4.69) is 6.07 Å². The lowest BCUT2D eigenvalue weighted by molar-refractivity contribution is -0.149. The molecular formula is C35H27N3O4. The molecule has 0 saturated carbocycles. The number of benzene rings is 5. The zero-order valence-corrected chi connectivity index (χ0v) is 23.0. The highest BCUT2D eigenvalue weighted by Gasteiger charge is 2.55. The van der Waals surface area contributed by atoms with Crippen LogP contribution in [0.25, 0.3) is 21.5 Å². The Bertz CT molecular complexity index is 1890. The summed E-state index contributed by atoms with van der Waals surface area (Å²) in [5, 5.41) is 13.5. The Morgan fingerprint density at radius 2 is 1.36 bits per heavy atom. The summed E-state index contributed by atoms with van der Waals surface area (Å²) in [4.78, 5) is 43.2. The van der Waals surface area contributed by atoms with Crippen molar-refractivity contribution in [3.05, 3.63) is 131 Å². The summed E-state index contributed by atoms with van der Waals surface area (Å²) >= 11 is 0. The minimum Gasteiger partial charge on any atom is -0.459 e. The number of nitrogens with zero attached hydrogens (tertiary/aromatic N) is 3. The maximum Gasteiger partial charge on any atom is 0.328 e. The average Bonchev–Trinajstić information content (AvgIpc) is 3.20. The van der Waals surface area contributed by atoms with Crippen molar-refractivity contribution >= 4 is 39.5 Å². The molecule has 1 saturated heterocycles. The summed E-state index contributed by atoms with van der Waals surface area (Å²) in [5.74, 6) is -1.21. The summed E-state index contributed by atoms with van der Waals surface area (Å²) in [6, 6.07) is 35.6. The highest BCUT2D eigenvalue weighted by atomic mass is 16.5. The minimum atomic E-state index is -1.39. The molecule has 0 aliphatic carbocycles. The van der Waals surface area contributed by atoms with Crippen LogP contribution in [0.15, 0.2) is 109 Å². The van der Waals surface area contributed by atoms with Crippen molar-refractivity contribution < 1.29 is 19.1 Å². The monoisotopic (exact) mass is 553 g/mol. The molecule has 5 aromatic rings. The van der Waals surface area contributed by atoms with Crippen LogP contribution in [0, 0.1) is 11.3 Å². The Kier molecular flexibility index (Phi) is 6.89. The Labute approximate surface area is 243 Å². The van der Waals surface area contributed by atoms with E-state index in [1.165, 1.54) is 4.90 Å². The van der Waals surface area contributed by atoms with Crippen LogP contribution in [-0.4, -0.2) is 34.3 Å². The molecule has 42 heavy (non-hydrogen) atoms. The zero-order valence-electron chi connectivity index (χ0n) is 23.0. The number of hydrogen-bond donors (Lipinski definition) is 0. The second kappa shape index (κ2) is 10.8. The van der Waals surface area contributed by atoms with Gasteiger partial charge < -0.3 is 9.64 Å². The van der Waals surface area contributed by atoms with E-state index < -0.39 is 30.0 Å². The SMILES string of the molecule is C[C@]1(c2ccc(C#N)cc2)C(=O)N(CC(=O)OCc2ccc3ccccc3c2)C(=O)N1Cc1ccc2ccccc2c1. The molecule has 6 rings (SSSR count). The van der Waals surface area contributed by atoms with Crippen LogP contribution in [0.1, 0.15) is 29.2 Å². The fourth-order valence-electron chi connectivity index (χ4n) is 5.50. The van der Waals surface area contributed by atoms with Gasteiger partial charge in [-0.2, -0.15) is 5.26 Å². The highest BCUT2D eigenvalue weighted by molar-refractivity contribution is 6.09. The summed E-state index contributed by atoms with van der Waals surface area (Å²) in [6.07, 6.45) is 0. The fraction of sp³-hybridized carbons (Fsp3) is 0.143. The molecule has 1 atom stereocenters. The van der Waals surface area contributed by atoms with Crippen molar-refractivity contribution in [2.45, 2.75) is 25.6 Å². The van der Waals surface area contributed by atoms with E-state index in [9.17, 15) is 19.6 Å². The number of ether oxygens (including phenoxy) is 1. The van der Waals surface area contributed by atoms with Gasteiger partial charge in [0.2, 0.25) is 0 Å². The van der Waals surface area contributed by atoms with Crippen LogP contribution < -0.4 is 0 Å². The molecule has 206 valence electrons. The van der Waals surface area contributed by atoms with Gasteiger partial charge in [0.25, 0.3) is 5.91 Å². The van der Waals surface area contributed by atoms with Crippen LogP contribution >= 0.6 is 0 Å². The van der Waals surface area contributed by atoms with Gasteiger partial charge in [-0.15, -0.1) is 0 Å². The lowest BCUT2D eigenvalue weighted by Gasteiger charge is -2.32. The number of carbonyl (C=O) groups is 3. The third-order valence-electron chi connectivity index (χ3n) is 7.89. The first-order valence-electron chi connectivity index (χ1n) is 13.6. The minimum absolute atomic E-state index is 0.0214. The predicted octanol–water partition coefficient (Wildman–Crippen LogP) is 6.29. The van der Waals surface area contributed by atoms with Crippen molar-refractivity contribution in [2.75, 3.05) is 6.54 Å². The molecule has 5 aromatic carbocycles. The van der Waals surface area contributed by atoms with Gasteiger partial charge in [-0.1, -0.05) is 84.9 Å². The summed E-state index contributed by atoms with van der Waals surface area (Å²) < 4.78 is 5.50. The molecule has 1 aliphatic heterocycles. The van der Waals surface area contributed by atoms with Crippen molar-refractivity contribution in [1.29, 1.82) is 5.26 Å². The maximum absolute atomic E-state index is 14.0. The van der Waals surface area contributed by atoms with Gasteiger partial charge in [0.05, 0.1) is 11.6 Å². The van der Waals surface area contributed by atoms with E-state index in [1.54, 1.807) is 31.2 Å². The molecule has 1 fully saturated rings. The second-order valence-electron chi connectivity index (χ2n) is 10.5.